The van der Waals surface area contributed by atoms with Crippen molar-refractivity contribution in [2.45, 2.75) is 27.7 Å². The van der Waals surface area contributed by atoms with Gasteiger partial charge in [0.15, 0.2) is 0 Å². The van der Waals surface area contributed by atoms with E-state index in [2.05, 4.69) is 34.1 Å². The van der Waals surface area contributed by atoms with E-state index in [4.69, 9.17) is 0 Å². The molecule has 2 heteroatoms. The summed E-state index contributed by atoms with van der Waals surface area (Å²) in [6, 6.07) is 0. The highest BCUT2D eigenvalue weighted by molar-refractivity contribution is 9.11. The second kappa shape index (κ2) is 11.2. The molecule has 0 heterocycles. The Balaban J connectivity index is 0. The molecule has 0 N–H and O–H groups in total. The molecule has 0 bridgehead atoms. The first-order valence-corrected chi connectivity index (χ1v) is 5.72. The normalized spacial score (nSPS) is 12.1. The van der Waals surface area contributed by atoms with Crippen molar-refractivity contribution in [3.05, 3.63) is 47.6 Å². The molecule has 0 unspecified atom stereocenters. The number of aliphatic imine (C=N–C) groups is 1. The smallest absolute Gasteiger partial charge is 0.0439 e. The van der Waals surface area contributed by atoms with E-state index in [1.54, 1.807) is 12.3 Å². The lowest BCUT2D eigenvalue weighted by Gasteiger charge is -1.95. The molecule has 0 aliphatic heterocycles. The monoisotopic (exact) mass is 269 g/mol. The summed E-state index contributed by atoms with van der Waals surface area (Å²) in [5.74, 6) is 0. The van der Waals surface area contributed by atoms with Crippen molar-refractivity contribution >= 4 is 21.6 Å². The highest BCUT2D eigenvalue weighted by atomic mass is 79.9. The molecular weight excluding hydrogens is 250 g/mol. The van der Waals surface area contributed by atoms with Crippen molar-refractivity contribution in [1.29, 1.82) is 0 Å². The summed E-state index contributed by atoms with van der Waals surface area (Å²) in [6.07, 6.45) is 7.18. The Labute approximate surface area is 102 Å². The average molecular weight is 270 g/mol. The quantitative estimate of drug-likeness (QED) is 0.502. The molecule has 0 atom stereocenters. The van der Waals surface area contributed by atoms with Gasteiger partial charge in [-0.25, -0.2) is 0 Å². The first-order valence-electron chi connectivity index (χ1n) is 4.93. The van der Waals surface area contributed by atoms with E-state index in [0.717, 1.165) is 15.8 Å². The number of hydrogen-bond acceptors (Lipinski definition) is 1. The molecule has 0 aliphatic carbocycles. The zero-order valence-corrected chi connectivity index (χ0v) is 11.6. The Morgan fingerprint density at radius 3 is 2.20 bits per heavy atom. The second-order valence-electron chi connectivity index (χ2n) is 2.55. The number of halogens is 1. The Hall–Kier alpha value is -0.890. The van der Waals surface area contributed by atoms with Gasteiger partial charge in [0.05, 0.1) is 0 Å². The van der Waals surface area contributed by atoms with Gasteiger partial charge in [-0.15, -0.1) is 0 Å². The van der Waals surface area contributed by atoms with Gasteiger partial charge < -0.3 is 0 Å². The summed E-state index contributed by atoms with van der Waals surface area (Å²) in [5, 5.41) is 0. The molecule has 0 aromatic rings. The average Bonchev–Trinajstić information content (AvgIpc) is 2.25. The van der Waals surface area contributed by atoms with Crippen LogP contribution in [0.2, 0.25) is 0 Å². The van der Waals surface area contributed by atoms with E-state index in [-0.39, 0.29) is 0 Å². The molecule has 0 spiro atoms. The minimum absolute atomic E-state index is 0.893. The van der Waals surface area contributed by atoms with Crippen LogP contribution in [0.25, 0.3) is 0 Å². The maximum absolute atomic E-state index is 4.20. The molecule has 84 valence electrons. The summed E-state index contributed by atoms with van der Waals surface area (Å²) < 4.78 is 0.993. The number of rotatable bonds is 4. The molecule has 0 fully saturated rings. The zero-order valence-electron chi connectivity index (χ0n) is 10.0. The molecule has 0 aromatic heterocycles. The van der Waals surface area contributed by atoms with Crippen LogP contribution in [0, 0.1) is 0 Å². The number of nitrogens with zero attached hydrogens (tertiary/aromatic N) is 1. The highest BCUT2D eigenvalue weighted by Gasteiger charge is 1.90. The molecular formula is C13H20BrN. The molecule has 0 radical (unpaired) electrons. The minimum Gasteiger partial charge on any atom is -0.260 e. The summed E-state index contributed by atoms with van der Waals surface area (Å²) in [4.78, 5) is 4.20. The van der Waals surface area contributed by atoms with Crippen molar-refractivity contribution in [1.82, 2.24) is 0 Å². The van der Waals surface area contributed by atoms with Crippen LogP contribution in [-0.4, -0.2) is 5.71 Å². The van der Waals surface area contributed by atoms with Crippen LogP contribution < -0.4 is 0 Å². The molecule has 1 nitrogen and oxygen atoms in total. The van der Waals surface area contributed by atoms with Gasteiger partial charge in [0.1, 0.15) is 0 Å². The van der Waals surface area contributed by atoms with Crippen LogP contribution in [0.1, 0.15) is 27.7 Å². The summed E-state index contributed by atoms with van der Waals surface area (Å²) >= 11 is 3.29. The lowest BCUT2D eigenvalue weighted by molar-refractivity contribution is 1.47. The van der Waals surface area contributed by atoms with E-state index < -0.39 is 0 Å². The van der Waals surface area contributed by atoms with Crippen LogP contribution in [0.4, 0.5) is 0 Å². The molecule has 0 amide bonds. The zero-order chi connectivity index (χ0) is 12.3. The Morgan fingerprint density at radius 1 is 1.27 bits per heavy atom. The fraction of sp³-hybridized carbons (Fsp3) is 0.308. The fourth-order valence-corrected chi connectivity index (χ4v) is 0.676. The molecule has 0 saturated carbocycles. The highest BCUT2D eigenvalue weighted by Crippen LogP contribution is 2.04. The van der Waals surface area contributed by atoms with Crippen LogP contribution >= 0.6 is 15.9 Å². The molecule has 0 saturated heterocycles. The fourth-order valence-electron chi connectivity index (χ4n) is 0.573. The summed E-state index contributed by atoms with van der Waals surface area (Å²) in [7, 11) is 0. The van der Waals surface area contributed by atoms with Gasteiger partial charge in [-0.2, -0.15) is 0 Å². The third-order valence-corrected chi connectivity index (χ3v) is 1.54. The maximum Gasteiger partial charge on any atom is 0.0439 e. The van der Waals surface area contributed by atoms with Crippen molar-refractivity contribution in [2.75, 3.05) is 0 Å². The minimum atomic E-state index is 0.893. The van der Waals surface area contributed by atoms with Crippen molar-refractivity contribution in [3.8, 4) is 0 Å². The van der Waals surface area contributed by atoms with E-state index in [1.807, 2.05) is 39.8 Å². The number of hydrogen-bond donors (Lipinski definition) is 0. The van der Waals surface area contributed by atoms with Gasteiger partial charge in [-0.3, -0.25) is 4.99 Å². The standard InChI is InChI=1S/C11H14BrN.C2H6/c1-5-6-7-9(2)11(4)13-8-10(3)12;1-2/h5-8H,1-2H2,3-4H3;1-2H3/b7-6-,10-8+,13-11?;. The van der Waals surface area contributed by atoms with Crippen LogP contribution in [0.3, 0.4) is 0 Å². The SMILES string of the molecule is C=C/C=C\C(=C)C(C)=N/C=C(\C)Br.CC. The van der Waals surface area contributed by atoms with Crippen molar-refractivity contribution < 1.29 is 0 Å². The third-order valence-electron chi connectivity index (χ3n) is 1.33. The van der Waals surface area contributed by atoms with Gasteiger partial charge in [-0.1, -0.05) is 61.2 Å². The first-order chi connectivity index (χ1) is 7.07. The van der Waals surface area contributed by atoms with Gasteiger partial charge >= 0.3 is 0 Å². The predicted octanol–water partition coefficient (Wildman–Crippen LogP) is 5.03. The molecule has 0 aliphatic rings. The molecule has 0 aromatic carbocycles. The van der Waals surface area contributed by atoms with Crippen LogP contribution in [0.15, 0.2) is 52.6 Å². The van der Waals surface area contributed by atoms with Gasteiger partial charge in [0.25, 0.3) is 0 Å². The predicted molar refractivity (Wildman–Crippen MR) is 75.6 cm³/mol. The topological polar surface area (TPSA) is 12.4 Å². The van der Waals surface area contributed by atoms with E-state index in [9.17, 15) is 0 Å². The van der Waals surface area contributed by atoms with Gasteiger partial charge in [0, 0.05) is 16.4 Å². The van der Waals surface area contributed by atoms with Crippen LogP contribution in [-0.2, 0) is 0 Å². The lowest BCUT2D eigenvalue weighted by atomic mass is 10.2. The lowest BCUT2D eigenvalue weighted by Crippen LogP contribution is -1.91. The summed E-state index contributed by atoms with van der Waals surface area (Å²) in [6.45, 7) is 15.3. The molecule has 0 rings (SSSR count). The van der Waals surface area contributed by atoms with Gasteiger partial charge in [0.2, 0.25) is 0 Å². The Morgan fingerprint density at radius 2 is 1.80 bits per heavy atom. The Bertz CT molecular complexity index is 279. The van der Waals surface area contributed by atoms with E-state index in [0.29, 0.717) is 0 Å². The summed E-state index contributed by atoms with van der Waals surface area (Å²) in [5.41, 5.74) is 1.79. The van der Waals surface area contributed by atoms with E-state index >= 15 is 0 Å². The van der Waals surface area contributed by atoms with E-state index in [1.165, 1.54) is 0 Å². The van der Waals surface area contributed by atoms with Crippen molar-refractivity contribution in [3.63, 3.8) is 0 Å². The molecule has 15 heavy (non-hydrogen) atoms. The largest absolute Gasteiger partial charge is 0.260 e. The maximum atomic E-state index is 4.20. The van der Waals surface area contributed by atoms with Gasteiger partial charge in [-0.05, 0) is 19.4 Å². The second-order valence-corrected chi connectivity index (χ2v) is 3.80. The Kier molecular flexibility index (Phi) is 12.3. The number of allylic oxidation sites excluding steroid dienone is 5. The van der Waals surface area contributed by atoms with Crippen molar-refractivity contribution in [2.24, 2.45) is 4.99 Å². The van der Waals surface area contributed by atoms with Crippen LogP contribution in [0.5, 0.6) is 0 Å². The third kappa shape index (κ3) is 11.0. The first kappa shape index (κ1) is 16.5.